The number of nitrogens with zero attached hydrogens (tertiary/aromatic N) is 1. The van der Waals surface area contributed by atoms with E-state index in [-0.39, 0.29) is 11.6 Å². The summed E-state index contributed by atoms with van der Waals surface area (Å²) in [6.45, 7) is 0.428. The van der Waals surface area contributed by atoms with E-state index < -0.39 is 0 Å². The van der Waals surface area contributed by atoms with Crippen molar-refractivity contribution in [1.82, 2.24) is 5.32 Å². The highest BCUT2D eigenvalue weighted by molar-refractivity contribution is 6.44. The zero-order chi connectivity index (χ0) is 17.4. The number of methoxy groups -OCH3 is 2. The average molecular weight is 332 g/mol. The van der Waals surface area contributed by atoms with Gasteiger partial charge >= 0.3 is 0 Å². The lowest BCUT2D eigenvalue weighted by molar-refractivity contribution is -0.114. The fraction of sp³-hybridized carbons (Fsp3) is 0.294. The molecule has 0 aliphatic heterocycles. The number of furan rings is 1. The number of rotatable bonds is 8. The smallest absolute Gasteiger partial charge is 0.277 e. The van der Waals surface area contributed by atoms with Gasteiger partial charge < -0.3 is 24.0 Å². The monoisotopic (exact) mass is 332 g/mol. The highest BCUT2D eigenvalue weighted by Gasteiger charge is 2.17. The number of carbonyl (C=O) groups is 1. The summed E-state index contributed by atoms with van der Waals surface area (Å²) in [5.74, 6) is 1.30. The first-order chi connectivity index (χ1) is 11.7. The van der Waals surface area contributed by atoms with E-state index in [0.29, 0.717) is 30.2 Å². The van der Waals surface area contributed by atoms with Gasteiger partial charge in [0.15, 0.2) is 17.3 Å². The van der Waals surface area contributed by atoms with E-state index in [4.69, 9.17) is 18.7 Å². The maximum absolute atomic E-state index is 12.2. The average Bonchev–Trinajstić information content (AvgIpc) is 3.13. The van der Waals surface area contributed by atoms with Gasteiger partial charge in [0.1, 0.15) is 7.11 Å². The van der Waals surface area contributed by atoms with E-state index >= 15 is 0 Å². The van der Waals surface area contributed by atoms with Gasteiger partial charge in [-0.1, -0.05) is 11.2 Å². The Hall–Kier alpha value is -2.96. The minimum Gasteiger partial charge on any atom is -0.493 e. The van der Waals surface area contributed by atoms with Crippen LogP contribution in [0.2, 0.25) is 0 Å². The molecule has 1 aromatic heterocycles. The molecular formula is C17H20N2O5. The summed E-state index contributed by atoms with van der Waals surface area (Å²) in [4.78, 5) is 16.9. The van der Waals surface area contributed by atoms with Crippen LogP contribution in [0.4, 0.5) is 0 Å². The van der Waals surface area contributed by atoms with Crippen LogP contribution in [0, 0.1) is 0 Å². The Morgan fingerprint density at radius 1 is 1.17 bits per heavy atom. The van der Waals surface area contributed by atoms with Gasteiger partial charge in [-0.25, -0.2) is 0 Å². The zero-order valence-corrected chi connectivity index (χ0v) is 13.9. The number of benzene rings is 1. The number of nitrogens with one attached hydrogen (secondary N) is 1. The molecule has 128 valence electrons. The summed E-state index contributed by atoms with van der Waals surface area (Å²) >= 11 is 0. The molecule has 0 atom stereocenters. The predicted octanol–water partition coefficient (Wildman–Crippen LogP) is 2.01. The van der Waals surface area contributed by atoms with Crippen LogP contribution >= 0.6 is 0 Å². The Bertz CT molecular complexity index is 695. The Labute approximate surface area is 140 Å². The standard InChI is InChI=1S/C17H20N2O5/c1-21-13-7-6-12(11-15(13)22-2)8-9-18-17(20)16(19-23-3)14-5-4-10-24-14/h4-7,10-11H,8-9H2,1-3H3,(H,18,20)/b19-16+. The Morgan fingerprint density at radius 2 is 1.96 bits per heavy atom. The number of ether oxygens (including phenoxy) is 2. The Balaban J connectivity index is 1.96. The van der Waals surface area contributed by atoms with Crippen LogP contribution in [0.1, 0.15) is 11.3 Å². The van der Waals surface area contributed by atoms with Gasteiger partial charge in [-0.15, -0.1) is 0 Å². The molecule has 2 rings (SSSR count). The van der Waals surface area contributed by atoms with E-state index in [1.165, 1.54) is 13.4 Å². The van der Waals surface area contributed by atoms with Crippen molar-refractivity contribution in [1.29, 1.82) is 0 Å². The lowest BCUT2D eigenvalue weighted by atomic mass is 10.1. The molecular weight excluding hydrogens is 312 g/mol. The molecule has 0 aliphatic carbocycles. The van der Waals surface area contributed by atoms with Crippen molar-refractivity contribution in [2.45, 2.75) is 6.42 Å². The van der Waals surface area contributed by atoms with Crippen molar-refractivity contribution >= 4 is 11.6 Å². The Kier molecular flexibility index (Phi) is 6.24. The number of amides is 1. The summed E-state index contributed by atoms with van der Waals surface area (Å²) in [5, 5.41) is 6.51. The van der Waals surface area contributed by atoms with Crippen LogP contribution in [0.3, 0.4) is 0 Å². The van der Waals surface area contributed by atoms with Gasteiger partial charge in [0.25, 0.3) is 5.91 Å². The molecule has 0 fully saturated rings. The molecule has 1 aromatic carbocycles. The molecule has 0 unspecified atom stereocenters. The first-order valence-electron chi connectivity index (χ1n) is 7.33. The molecule has 7 nitrogen and oxygen atoms in total. The molecule has 0 aliphatic rings. The number of oxime groups is 1. The maximum atomic E-state index is 12.2. The van der Waals surface area contributed by atoms with Crippen molar-refractivity contribution in [2.75, 3.05) is 27.9 Å². The molecule has 2 aromatic rings. The van der Waals surface area contributed by atoms with Gasteiger partial charge in [-0.3, -0.25) is 4.79 Å². The van der Waals surface area contributed by atoms with Gasteiger partial charge in [0.2, 0.25) is 5.71 Å². The van der Waals surface area contributed by atoms with Crippen LogP contribution in [0.5, 0.6) is 11.5 Å². The van der Waals surface area contributed by atoms with Crippen LogP contribution in [0.15, 0.2) is 46.2 Å². The Morgan fingerprint density at radius 3 is 2.58 bits per heavy atom. The summed E-state index contributed by atoms with van der Waals surface area (Å²) in [6, 6.07) is 8.95. The lowest BCUT2D eigenvalue weighted by Crippen LogP contribution is -2.33. The SMILES string of the molecule is CO/N=C(/C(=O)NCCc1ccc(OC)c(OC)c1)c1ccco1. The fourth-order valence-corrected chi connectivity index (χ4v) is 2.14. The van der Waals surface area contributed by atoms with Gasteiger partial charge in [0.05, 0.1) is 20.5 Å². The summed E-state index contributed by atoms with van der Waals surface area (Å²) in [7, 11) is 4.54. The highest BCUT2D eigenvalue weighted by Crippen LogP contribution is 2.27. The quantitative estimate of drug-likeness (QED) is 0.591. The van der Waals surface area contributed by atoms with E-state index in [9.17, 15) is 4.79 Å². The molecule has 0 bridgehead atoms. The van der Waals surface area contributed by atoms with Crippen LogP contribution in [0.25, 0.3) is 0 Å². The van der Waals surface area contributed by atoms with E-state index in [2.05, 4.69) is 10.5 Å². The maximum Gasteiger partial charge on any atom is 0.277 e. The first-order valence-corrected chi connectivity index (χ1v) is 7.33. The largest absolute Gasteiger partial charge is 0.493 e. The highest BCUT2D eigenvalue weighted by atomic mass is 16.6. The van der Waals surface area contributed by atoms with Gasteiger partial charge in [0, 0.05) is 6.54 Å². The van der Waals surface area contributed by atoms with Crippen molar-refractivity contribution in [3.63, 3.8) is 0 Å². The second-order valence-electron chi connectivity index (χ2n) is 4.80. The van der Waals surface area contributed by atoms with E-state index in [0.717, 1.165) is 5.56 Å². The van der Waals surface area contributed by atoms with Crippen LogP contribution < -0.4 is 14.8 Å². The number of hydrogen-bond acceptors (Lipinski definition) is 6. The molecule has 0 radical (unpaired) electrons. The second kappa shape index (κ2) is 8.61. The molecule has 7 heteroatoms. The third-order valence-corrected chi connectivity index (χ3v) is 3.30. The number of carbonyl (C=O) groups excluding carboxylic acids is 1. The van der Waals surface area contributed by atoms with Crippen LogP contribution in [-0.4, -0.2) is 39.5 Å². The van der Waals surface area contributed by atoms with Crippen molar-refractivity contribution in [2.24, 2.45) is 5.16 Å². The molecule has 1 amide bonds. The minimum absolute atomic E-state index is 0.0924. The normalized spacial score (nSPS) is 11.0. The van der Waals surface area contributed by atoms with Crippen molar-refractivity contribution in [3.05, 3.63) is 47.9 Å². The molecule has 1 N–H and O–H groups in total. The minimum atomic E-state index is -0.368. The van der Waals surface area contributed by atoms with Crippen molar-refractivity contribution < 1.29 is 23.5 Å². The van der Waals surface area contributed by atoms with Gasteiger partial charge in [-0.05, 0) is 36.2 Å². The topological polar surface area (TPSA) is 82.3 Å². The van der Waals surface area contributed by atoms with E-state index in [1.54, 1.807) is 26.4 Å². The summed E-state index contributed by atoms with van der Waals surface area (Å²) < 4.78 is 15.6. The van der Waals surface area contributed by atoms with Gasteiger partial charge in [-0.2, -0.15) is 0 Å². The van der Waals surface area contributed by atoms with E-state index in [1.807, 2.05) is 18.2 Å². The summed E-state index contributed by atoms with van der Waals surface area (Å²) in [5.41, 5.74) is 1.10. The second-order valence-corrected chi connectivity index (χ2v) is 4.80. The molecule has 0 saturated heterocycles. The first kappa shape index (κ1) is 17.4. The third-order valence-electron chi connectivity index (χ3n) is 3.30. The fourth-order valence-electron chi connectivity index (χ4n) is 2.14. The summed E-state index contributed by atoms with van der Waals surface area (Å²) in [6.07, 6.45) is 2.10. The van der Waals surface area contributed by atoms with Crippen LogP contribution in [-0.2, 0) is 16.1 Å². The molecule has 0 saturated carbocycles. The predicted molar refractivity (Wildman–Crippen MR) is 88.5 cm³/mol. The molecule has 24 heavy (non-hydrogen) atoms. The molecule has 1 heterocycles. The van der Waals surface area contributed by atoms with Crippen molar-refractivity contribution in [3.8, 4) is 11.5 Å². The lowest BCUT2D eigenvalue weighted by Gasteiger charge is -2.10. The number of hydrogen-bond donors (Lipinski definition) is 1. The zero-order valence-electron chi connectivity index (χ0n) is 13.9. The molecule has 0 spiro atoms. The third kappa shape index (κ3) is 4.28.